The molecule has 0 spiro atoms. The van der Waals surface area contributed by atoms with Crippen LogP contribution in [-0.2, 0) is 0 Å². The number of piperidine rings is 1. The molecule has 0 radical (unpaired) electrons. The Labute approximate surface area is 136 Å². The Bertz CT molecular complexity index is 210. The van der Waals surface area contributed by atoms with Gasteiger partial charge in [-0.3, -0.25) is 0 Å². The van der Waals surface area contributed by atoms with Crippen molar-refractivity contribution in [3.63, 3.8) is 0 Å². The molecular weight excluding hydrogens is 246 g/mol. The molecule has 8 heteroatoms. The van der Waals surface area contributed by atoms with Crippen LogP contribution in [0.15, 0.2) is 0 Å². The number of halogens is 1. The predicted octanol–water partition coefficient (Wildman–Crippen LogP) is -5.19. The Kier molecular flexibility index (Phi) is 8.33. The van der Waals surface area contributed by atoms with E-state index in [-0.39, 0.29) is 57.9 Å². The van der Waals surface area contributed by atoms with Gasteiger partial charge in [-0.1, -0.05) is 0 Å². The van der Waals surface area contributed by atoms with Gasteiger partial charge >= 0.3 is 51.4 Å². The Morgan fingerprint density at radius 1 is 1.19 bits per heavy atom. The molecule has 3 unspecified atom stereocenters. The van der Waals surface area contributed by atoms with Crippen molar-refractivity contribution >= 4 is 0 Å². The van der Waals surface area contributed by atoms with Crippen molar-refractivity contribution in [1.29, 1.82) is 0 Å². The molecule has 1 saturated heterocycles. The van der Waals surface area contributed by atoms with Gasteiger partial charge in [-0.2, -0.15) is 0 Å². The molecule has 1 fully saturated rings. The van der Waals surface area contributed by atoms with Crippen molar-refractivity contribution in [3.05, 3.63) is 5.21 Å². The summed E-state index contributed by atoms with van der Waals surface area (Å²) in [6.07, 6.45) is -4.07. The number of aliphatic hydroxyl groups is 3. The van der Waals surface area contributed by atoms with Crippen LogP contribution in [0.25, 0.3) is 0 Å². The molecular formula is C8H16FKN2O4. The molecule has 6 nitrogen and oxygen atoms in total. The first-order chi connectivity index (χ1) is 6.97. The standard InChI is InChI=1S/C8H16FN2O4.K/c1-11(15)3-5-7(13)8(14)6(12)4(2-9)10-5;/h4-8,10,12-14H,2-3H2,1H3;/q-1;+1/t4?,5-,6-,7?,8?;/m1./s1. The summed E-state index contributed by atoms with van der Waals surface area (Å²) in [6, 6.07) is -1.69. The van der Waals surface area contributed by atoms with Gasteiger partial charge in [0.05, 0.1) is 12.1 Å². The van der Waals surface area contributed by atoms with Crippen LogP contribution in [0.5, 0.6) is 0 Å². The molecule has 16 heavy (non-hydrogen) atoms. The van der Waals surface area contributed by atoms with E-state index in [2.05, 4.69) is 5.32 Å². The summed E-state index contributed by atoms with van der Waals surface area (Å²) in [7, 11) is 1.26. The van der Waals surface area contributed by atoms with Gasteiger partial charge in [-0.05, 0) is 7.05 Å². The molecule has 0 aromatic heterocycles. The van der Waals surface area contributed by atoms with Gasteiger partial charge < -0.3 is 30.9 Å². The maximum Gasteiger partial charge on any atom is 1.00 e. The predicted molar refractivity (Wildman–Crippen MR) is 50.7 cm³/mol. The minimum Gasteiger partial charge on any atom is -0.785 e. The van der Waals surface area contributed by atoms with Crippen LogP contribution in [0.2, 0.25) is 0 Å². The fourth-order valence-corrected chi connectivity index (χ4v) is 1.72. The minimum absolute atomic E-state index is 0. The van der Waals surface area contributed by atoms with Gasteiger partial charge in [0.2, 0.25) is 0 Å². The van der Waals surface area contributed by atoms with E-state index >= 15 is 0 Å². The molecule has 1 aliphatic rings. The molecule has 90 valence electrons. The van der Waals surface area contributed by atoms with E-state index < -0.39 is 37.1 Å². The largest absolute Gasteiger partial charge is 1.00 e. The first-order valence-electron chi connectivity index (χ1n) is 4.72. The second-order valence-corrected chi connectivity index (χ2v) is 3.82. The van der Waals surface area contributed by atoms with Crippen molar-refractivity contribution < 1.29 is 71.1 Å². The van der Waals surface area contributed by atoms with Crippen LogP contribution in [0.1, 0.15) is 0 Å². The quantitative estimate of drug-likeness (QED) is 0.300. The van der Waals surface area contributed by atoms with Crippen LogP contribution in [0, 0.1) is 5.21 Å². The van der Waals surface area contributed by atoms with E-state index in [0.717, 1.165) is 0 Å². The van der Waals surface area contributed by atoms with Gasteiger partial charge in [0.25, 0.3) is 0 Å². The van der Waals surface area contributed by atoms with Crippen LogP contribution in [-0.4, -0.2) is 71.0 Å². The second-order valence-electron chi connectivity index (χ2n) is 3.82. The number of hydroxylamine groups is 2. The molecule has 0 aliphatic carbocycles. The van der Waals surface area contributed by atoms with Crippen molar-refractivity contribution in [2.45, 2.75) is 30.4 Å². The Morgan fingerprint density at radius 2 is 1.69 bits per heavy atom. The van der Waals surface area contributed by atoms with Crippen LogP contribution in [0.4, 0.5) is 4.39 Å². The van der Waals surface area contributed by atoms with Gasteiger partial charge in [-0.25, -0.2) is 4.39 Å². The third kappa shape index (κ3) is 4.21. The van der Waals surface area contributed by atoms with E-state index in [1.807, 2.05) is 0 Å². The van der Waals surface area contributed by atoms with Gasteiger partial charge in [0, 0.05) is 12.6 Å². The summed E-state index contributed by atoms with van der Waals surface area (Å²) >= 11 is 0. The van der Waals surface area contributed by atoms with Gasteiger partial charge in [0.15, 0.2) is 0 Å². The fourth-order valence-electron chi connectivity index (χ4n) is 1.72. The van der Waals surface area contributed by atoms with E-state index in [0.29, 0.717) is 5.06 Å². The number of aliphatic hydroxyl groups excluding tert-OH is 3. The summed E-state index contributed by atoms with van der Waals surface area (Å²) in [5.41, 5.74) is 0. The monoisotopic (exact) mass is 262 g/mol. The number of nitrogens with one attached hydrogen (secondary N) is 1. The van der Waals surface area contributed by atoms with Crippen LogP contribution in [0.3, 0.4) is 0 Å². The van der Waals surface area contributed by atoms with E-state index in [4.69, 9.17) is 0 Å². The zero-order valence-electron chi connectivity index (χ0n) is 9.38. The SMILES string of the molecule is CN([O-])C[C@H]1NC(CF)[C@@H](O)C(O)C1O.[K+]. The van der Waals surface area contributed by atoms with Crippen LogP contribution < -0.4 is 56.7 Å². The maximum atomic E-state index is 12.4. The molecule has 1 heterocycles. The van der Waals surface area contributed by atoms with E-state index in [1.54, 1.807) is 0 Å². The first-order valence-corrected chi connectivity index (χ1v) is 4.72. The summed E-state index contributed by atoms with van der Waals surface area (Å²) in [5, 5.41) is 42.2. The summed E-state index contributed by atoms with van der Waals surface area (Å²) < 4.78 is 12.4. The van der Waals surface area contributed by atoms with Crippen molar-refractivity contribution in [1.82, 2.24) is 10.4 Å². The topological polar surface area (TPSA) is 99.0 Å². The molecule has 0 bridgehead atoms. The molecule has 5 atom stereocenters. The number of hydrogen-bond donors (Lipinski definition) is 4. The number of hydrogen-bond acceptors (Lipinski definition) is 6. The zero-order chi connectivity index (χ0) is 11.6. The minimum atomic E-state index is -1.43. The molecule has 0 saturated carbocycles. The van der Waals surface area contributed by atoms with Crippen molar-refractivity contribution in [2.24, 2.45) is 0 Å². The molecule has 1 rings (SSSR count). The second kappa shape index (κ2) is 7.69. The molecule has 4 N–H and O–H groups in total. The van der Waals surface area contributed by atoms with E-state index in [1.165, 1.54) is 7.05 Å². The number of nitrogens with zero attached hydrogens (tertiary/aromatic N) is 1. The van der Waals surface area contributed by atoms with Gasteiger partial charge in [0.1, 0.15) is 18.9 Å². The Hall–Kier alpha value is 1.33. The van der Waals surface area contributed by atoms with Crippen molar-refractivity contribution in [3.8, 4) is 0 Å². The summed E-state index contributed by atoms with van der Waals surface area (Å²) in [5.74, 6) is 0. The molecule has 0 aromatic rings. The number of rotatable bonds is 3. The summed E-state index contributed by atoms with van der Waals surface area (Å²) in [4.78, 5) is 0. The summed E-state index contributed by atoms with van der Waals surface area (Å²) in [6.45, 7) is -0.953. The van der Waals surface area contributed by atoms with Crippen LogP contribution >= 0.6 is 0 Å². The average Bonchev–Trinajstić information content (AvgIpc) is 2.18. The zero-order valence-corrected chi connectivity index (χ0v) is 12.5. The number of likely N-dealkylation sites (N-methyl/N-ethyl adjacent to an activating group) is 1. The van der Waals surface area contributed by atoms with Gasteiger partial charge in [-0.15, -0.1) is 0 Å². The Morgan fingerprint density at radius 3 is 2.12 bits per heavy atom. The molecule has 0 aromatic carbocycles. The molecule has 0 amide bonds. The fraction of sp³-hybridized carbons (Fsp3) is 1.00. The number of alkyl halides is 1. The average molecular weight is 262 g/mol. The maximum absolute atomic E-state index is 12.4. The third-order valence-corrected chi connectivity index (χ3v) is 2.57. The van der Waals surface area contributed by atoms with Crippen molar-refractivity contribution in [2.75, 3.05) is 20.3 Å². The first kappa shape index (κ1) is 17.3. The molecule has 1 aliphatic heterocycles. The smallest absolute Gasteiger partial charge is 0.785 e. The third-order valence-electron chi connectivity index (χ3n) is 2.57. The van der Waals surface area contributed by atoms with E-state index in [9.17, 15) is 24.9 Å². The Balaban J connectivity index is 0.00000225. The normalized spacial score (nSPS) is 39.6.